The highest BCUT2D eigenvalue weighted by atomic mass is 16.5. The van der Waals surface area contributed by atoms with Crippen molar-refractivity contribution in [1.29, 1.82) is 0 Å². The SMILES string of the molecule is COCCOCCOC(C)C(=O)Nc1ccc(CN)cc1. The smallest absolute Gasteiger partial charge is 0.253 e. The molecule has 0 fully saturated rings. The highest BCUT2D eigenvalue weighted by Gasteiger charge is 2.13. The Morgan fingerprint density at radius 2 is 1.86 bits per heavy atom. The first kappa shape index (κ1) is 17.6. The number of rotatable bonds is 10. The molecule has 6 heteroatoms. The Hall–Kier alpha value is -1.47. The minimum atomic E-state index is -0.537. The Bertz CT molecular complexity index is 409. The van der Waals surface area contributed by atoms with E-state index in [1.54, 1.807) is 14.0 Å². The number of amides is 1. The summed E-state index contributed by atoms with van der Waals surface area (Å²) in [5, 5.41) is 2.79. The van der Waals surface area contributed by atoms with Gasteiger partial charge in [-0.15, -0.1) is 0 Å². The highest BCUT2D eigenvalue weighted by molar-refractivity contribution is 5.93. The van der Waals surface area contributed by atoms with Gasteiger partial charge in [0.25, 0.3) is 5.91 Å². The molecule has 0 heterocycles. The van der Waals surface area contributed by atoms with Gasteiger partial charge in [0.1, 0.15) is 6.10 Å². The van der Waals surface area contributed by atoms with E-state index in [0.717, 1.165) is 11.3 Å². The number of benzene rings is 1. The molecule has 1 unspecified atom stereocenters. The molecular weight excluding hydrogens is 272 g/mol. The van der Waals surface area contributed by atoms with E-state index in [0.29, 0.717) is 33.0 Å². The molecule has 6 nitrogen and oxygen atoms in total. The number of ether oxygens (including phenoxy) is 3. The van der Waals surface area contributed by atoms with Crippen molar-refractivity contribution in [3.05, 3.63) is 29.8 Å². The summed E-state index contributed by atoms with van der Waals surface area (Å²) >= 11 is 0. The number of nitrogens with two attached hydrogens (primary N) is 1. The van der Waals surface area contributed by atoms with Gasteiger partial charge < -0.3 is 25.3 Å². The number of nitrogens with one attached hydrogen (secondary N) is 1. The second kappa shape index (κ2) is 10.3. The molecule has 0 aliphatic rings. The van der Waals surface area contributed by atoms with Crippen LogP contribution in [-0.2, 0) is 25.5 Å². The first-order valence-electron chi connectivity index (χ1n) is 6.95. The molecule has 0 saturated carbocycles. The van der Waals surface area contributed by atoms with Gasteiger partial charge in [-0.3, -0.25) is 4.79 Å². The number of carbonyl (C=O) groups is 1. The predicted molar refractivity (Wildman–Crippen MR) is 81.1 cm³/mol. The van der Waals surface area contributed by atoms with Crippen LogP contribution in [0.25, 0.3) is 0 Å². The minimum Gasteiger partial charge on any atom is -0.382 e. The molecule has 3 N–H and O–H groups in total. The van der Waals surface area contributed by atoms with E-state index in [4.69, 9.17) is 19.9 Å². The van der Waals surface area contributed by atoms with E-state index in [-0.39, 0.29) is 5.91 Å². The third kappa shape index (κ3) is 7.19. The molecule has 0 bridgehead atoms. The lowest BCUT2D eigenvalue weighted by atomic mass is 10.2. The van der Waals surface area contributed by atoms with E-state index in [1.165, 1.54) is 0 Å². The summed E-state index contributed by atoms with van der Waals surface area (Å²) in [5.74, 6) is -0.188. The van der Waals surface area contributed by atoms with Gasteiger partial charge in [-0.2, -0.15) is 0 Å². The Kier molecular flexibility index (Phi) is 8.61. The number of hydrogen-bond acceptors (Lipinski definition) is 5. The Labute approximate surface area is 125 Å². The zero-order chi connectivity index (χ0) is 15.5. The zero-order valence-corrected chi connectivity index (χ0v) is 12.6. The maximum Gasteiger partial charge on any atom is 0.253 e. The van der Waals surface area contributed by atoms with Crippen LogP contribution in [0.1, 0.15) is 12.5 Å². The van der Waals surface area contributed by atoms with Crippen LogP contribution in [-0.4, -0.2) is 45.5 Å². The van der Waals surface area contributed by atoms with Crippen LogP contribution in [0.3, 0.4) is 0 Å². The molecule has 118 valence electrons. The number of methoxy groups -OCH3 is 1. The highest BCUT2D eigenvalue weighted by Crippen LogP contribution is 2.10. The molecule has 1 atom stereocenters. The van der Waals surface area contributed by atoms with Crippen LogP contribution >= 0.6 is 0 Å². The van der Waals surface area contributed by atoms with Crippen LogP contribution in [0.4, 0.5) is 5.69 Å². The molecule has 1 aromatic carbocycles. The van der Waals surface area contributed by atoms with E-state index < -0.39 is 6.10 Å². The summed E-state index contributed by atoms with van der Waals surface area (Å²) in [7, 11) is 1.62. The monoisotopic (exact) mass is 296 g/mol. The number of carbonyl (C=O) groups excluding carboxylic acids is 1. The molecule has 0 aromatic heterocycles. The Morgan fingerprint density at radius 1 is 1.19 bits per heavy atom. The average molecular weight is 296 g/mol. The van der Waals surface area contributed by atoms with Crippen LogP contribution in [0, 0.1) is 0 Å². The van der Waals surface area contributed by atoms with Gasteiger partial charge in [0.2, 0.25) is 0 Å². The Balaban J connectivity index is 2.23. The molecule has 0 aliphatic heterocycles. The first-order valence-corrected chi connectivity index (χ1v) is 6.95. The Morgan fingerprint density at radius 3 is 2.48 bits per heavy atom. The first-order chi connectivity index (χ1) is 10.2. The lowest BCUT2D eigenvalue weighted by molar-refractivity contribution is -0.127. The topological polar surface area (TPSA) is 82.8 Å². The van der Waals surface area contributed by atoms with E-state index in [2.05, 4.69) is 5.32 Å². The molecule has 0 radical (unpaired) electrons. The molecule has 1 rings (SSSR count). The fourth-order valence-corrected chi connectivity index (χ4v) is 1.57. The average Bonchev–Trinajstić information content (AvgIpc) is 2.51. The van der Waals surface area contributed by atoms with Crippen molar-refractivity contribution in [3.8, 4) is 0 Å². The summed E-state index contributed by atoms with van der Waals surface area (Å²) in [6.45, 7) is 4.06. The van der Waals surface area contributed by atoms with Crippen LogP contribution in [0.5, 0.6) is 0 Å². The van der Waals surface area contributed by atoms with Gasteiger partial charge in [0.15, 0.2) is 0 Å². The molecular formula is C15H24N2O4. The fraction of sp³-hybridized carbons (Fsp3) is 0.533. The van der Waals surface area contributed by atoms with E-state index in [9.17, 15) is 4.79 Å². The number of hydrogen-bond donors (Lipinski definition) is 2. The molecule has 1 amide bonds. The van der Waals surface area contributed by atoms with Gasteiger partial charge >= 0.3 is 0 Å². The van der Waals surface area contributed by atoms with Gasteiger partial charge in [0.05, 0.1) is 26.4 Å². The number of anilines is 1. The quantitative estimate of drug-likeness (QED) is 0.633. The summed E-state index contributed by atoms with van der Waals surface area (Å²) in [6.07, 6.45) is -0.537. The van der Waals surface area contributed by atoms with Crippen molar-refractivity contribution in [2.75, 3.05) is 38.9 Å². The van der Waals surface area contributed by atoms with Crippen molar-refractivity contribution in [3.63, 3.8) is 0 Å². The molecule has 0 spiro atoms. The van der Waals surface area contributed by atoms with Crippen molar-refractivity contribution in [2.24, 2.45) is 5.73 Å². The lowest BCUT2D eigenvalue weighted by Crippen LogP contribution is -2.29. The standard InChI is InChI=1S/C15H24N2O4/c1-12(21-10-9-20-8-7-19-2)15(18)17-14-5-3-13(11-16)4-6-14/h3-6,12H,7-11,16H2,1-2H3,(H,17,18). The molecule has 0 aliphatic carbocycles. The van der Waals surface area contributed by atoms with Crippen molar-refractivity contribution < 1.29 is 19.0 Å². The minimum absolute atomic E-state index is 0.188. The van der Waals surface area contributed by atoms with Crippen LogP contribution in [0.15, 0.2) is 24.3 Å². The normalized spacial score (nSPS) is 12.1. The largest absolute Gasteiger partial charge is 0.382 e. The van der Waals surface area contributed by atoms with Gasteiger partial charge in [-0.25, -0.2) is 0 Å². The maximum absolute atomic E-state index is 11.9. The molecule has 1 aromatic rings. The van der Waals surface area contributed by atoms with Crippen molar-refractivity contribution >= 4 is 11.6 Å². The van der Waals surface area contributed by atoms with Crippen molar-refractivity contribution in [2.45, 2.75) is 19.6 Å². The van der Waals surface area contributed by atoms with Crippen LogP contribution < -0.4 is 11.1 Å². The van der Waals surface area contributed by atoms with E-state index in [1.807, 2.05) is 24.3 Å². The molecule has 21 heavy (non-hydrogen) atoms. The fourth-order valence-electron chi connectivity index (χ4n) is 1.57. The van der Waals surface area contributed by atoms with E-state index >= 15 is 0 Å². The van der Waals surface area contributed by atoms with Gasteiger partial charge in [-0.1, -0.05) is 12.1 Å². The zero-order valence-electron chi connectivity index (χ0n) is 12.6. The molecule has 0 saturated heterocycles. The second-order valence-electron chi connectivity index (χ2n) is 4.51. The summed E-state index contributed by atoms with van der Waals surface area (Å²) in [6, 6.07) is 7.40. The van der Waals surface area contributed by atoms with Gasteiger partial charge in [0, 0.05) is 19.3 Å². The summed E-state index contributed by atoms with van der Waals surface area (Å²) in [4.78, 5) is 11.9. The van der Waals surface area contributed by atoms with Crippen molar-refractivity contribution in [1.82, 2.24) is 0 Å². The third-order valence-corrected chi connectivity index (χ3v) is 2.85. The third-order valence-electron chi connectivity index (χ3n) is 2.85. The lowest BCUT2D eigenvalue weighted by Gasteiger charge is -2.13. The second-order valence-corrected chi connectivity index (χ2v) is 4.51. The maximum atomic E-state index is 11.9. The predicted octanol–water partition coefficient (Wildman–Crippen LogP) is 1.15. The summed E-state index contributed by atoms with van der Waals surface area (Å²) < 4.78 is 15.5. The van der Waals surface area contributed by atoms with Crippen LogP contribution in [0.2, 0.25) is 0 Å². The van der Waals surface area contributed by atoms with Gasteiger partial charge in [-0.05, 0) is 24.6 Å². The summed E-state index contributed by atoms with van der Waals surface area (Å²) in [5.41, 5.74) is 7.27.